The van der Waals surface area contributed by atoms with Crippen molar-refractivity contribution in [3.05, 3.63) is 54.1 Å². The summed E-state index contributed by atoms with van der Waals surface area (Å²) in [6.45, 7) is 2.44. The van der Waals surface area contributed by atoms with Gasteiger partial charge in [-0.2, -0.15) is 0 Å². The summed E-state index contributed by atoms with van der Waals surface area (Å²) >= 11 is 0. The van der Waals surface area contributed by atoms with Crippen LogP contribution in [0.15, 0.2) is 42.7 Å². The van der Waals surface area contributed by atoms with E-state index in [1.807, 2.05) is 37.4 Å². The van der Waals surface area contributed by atoms with Crippen LogP contribution in [0, 0.1) is 0 Å². The zero-order valence-corrected chi connectivity index (χ0v) is 10.6. The first kappa shape index (κ1) is 12.5. The van der Waals surface area contributed by atoms with Gasteiger partial charge in [-0.1, -0.05) is 6.07 Å². The smallest absolute Gasteiger partial charge is 0.0931 e. The van der Waals surface area contributed by atoms with Gasteiger partial charge < -0.3 is 10.0 Å². The van der Waals surface area contributed by atoms with E-state index in [9.17, 15) is 5.11 Å². The molecular weight excluding hydrogens is 226 g/mol. The number of pyridine rings is 2. The van der Waals surface area contributed by atoms with Crippen molar-refractivity contribution in [1.82, 2.24) is 9.97 Å². The number of aromatic nitrogens is 2. The molecule has 0 saturated heterocycles. The summed E-state index contributed by atoms with van der Waals surface area (Å²) in [7, 11) is 1.99. The van der Waals surface area contributed by atoms with E-state index in [1.165, 1.54) is 0 Å². The standard InChI is InChI=1S/C14H17N3O/c1-11(18)14-7-6-13(9-16-14)17(2)10-12-5-3-4-8-15-12/h3-9,11,18H,10H2,1-2H3/t11-/m1/s1. The average Bonchev–Trinajstić information content (AvgIpc) is 2.40. The van der Waals surface area contributed by atoms with Crippen LogP contribution in [0.25, 0.3) is 0 Å². The summed E-state index contributed by atoms with van der Waals surface area (Å²) in [5.74, 6) is 0. The third-order valence-corrected chi connectivity index (χ3v) is 2.76. The molecule has 0 aromatic carbocycles. The van der Waals surface area contributed by atoms with Crippen molar-refractivity contribution in [1.29, 1.82) is 0 Å². The molecule has 2 heterocycles. The molecule has 0 radical (unpaired) electrons. The Morgan fingerprint density at radius 3 is 2.61 bits per heavy atom. The van der Waals surface area contributed by atoms with Gasteiger partial charge in [-0.25, -0.2) is 0 Å². The third-order valence-electron chi connectivity index (χ3n) is 2.76. The van der Waals surface area contributed by atoms with Crippen molar-refractivity contribution in [2.45, 2.75) is 19.6 Å². The Morgan fingerprint density at radius 1 is 1.22 bits per heavy atom. The first-order valence-corrected chi connectivity index (χ1v) is 5.92. The molecule has 0 saturated carbocycles. The fourth-order valence-electron chi connectivity index (χ4n) is 1.70. The van der Waals surface area contributed by atoms with Crippen LogP contribution in [0.1, 0.15) is 24.4 Å². The summed E-state index contributed by atoms with van der Waals surface area (Å²) in [6.07, 6.45) is 3.03. The fraction of sp³-hybridized carbons (Fsp3) is 0.286. The number of aliphatic hydroxyl groups is 1. The Labute approximate surface area is 107 Å². The second-order valence-electron chi connectivity index (χ2n) is 4.29. The molecule has 2 aromatic heterocycles. The van der Waals surface area contributed by atoms with Crippen LogP contribution >= 0.6 is 0 Å². The molecule has 0 aliphatic heterocycles. The van der Waals surface area contributed by atoms with Crippen LogP contribution in [0.3, 0.4) is 0 Å². The minimum Gasteiger partial charge on any atom is -0.387 e. The molecule has 2 aromatic rings. The highest BCUT2D eigenvalue weighted by molar-refractivity contribution is 5.44. The van der Waals surface area contributed by atoms with E-state index >= 15 is 0 Å². The molecule has 4 nitrogen and oxygen atoms in total. The Balaban J connectivity index is 2.07. The maximum absolute atomic E-state index is 9.40. The van der Waals surface area contributed by atoms with Crippen LogP contribution in [-0.4, -0.2) is 22.1 Å². The molecule has 0 aliphatic carbocycles. The van der Waals surface area contributed by atoms with Gasteiger partial charge in [0, 0.05) is 13.2 Å². The molecule has 1 atom stereocenters. The Kier molecular flexibility index (Phi) is 3.89. The SMILES string of the molecule is C[C@@H](O)c1ccc(N(C)Cc2ccccn2)cn1. The van der Waals surface area contributed by atoms with Gasteiger partial charge in [0.2, 0.25) is 0 Å². The predicted octanol–water partition coefficient (Wildman–Crippen LogP) is 2.17. The van der Waals surface area contributed by atoms with Crippen LogP contribution < -0.4 is 4.90 Å². The second kappa shape index (κ2) is 5.60. The van der Waals surface area contributed by atoms with E-state index in [2.05, 4.69) is 14.9 Å². The molecule has 2 rings (SSSR count). The maximum Gasteiger partial charge on any atom is 0.0931 e. The van der Waals surface area contributed by atoms with Crippen LogP contribution in [0.5, 0.6) is 0 Å². The van der Waals surface area contributed by atoms with Gasteiger partial charge in [0.1, 0.15) is 0 Å². The van der Waals surface area contributed by atoms with E-state index in [0.717, 1.165) is 17.9 Å². The van der Waals surface area contributed by atoms with Crippen LogP contribution in [0.4, 0.5) is 5.69 Å². The molecule has 0 aliphatic rings. The van der Waals surface area contributed by atoms with Crippen molar-refractivity contribution in [3.63, 3.8) is 0 Å². The lowest BCUT2D eigenvalue weighted by atomic mass is 10.2. The Hall–Kier alpha value is -1.94. The molecule has 18 heavy (non-hydrogen) atoms. The summed E-state index contributed by atoms with van der Waals surface area (Å²) in [6, 6.07) is 9.68. The van der Waals surface area contributed by atoms with Crippen LogP contribution in [-0.2, 0) is 6.54 Å². The van der Waals surface area contributed by atoms with E-state index in [-0.39, 0.29) is 0 Å². The van der Waals surface area contributed by atoms with Gasteiger partial charge in [-0.3, -0.25) is 9.97 Å². The second-order valence-corrected chi connectivity index (χ2v) is 4.29. The van der Waals surface area contributed by atoms with Crippen molar-refractivity contribution in [2.24, 2.45) is 0 Å². The van der Waals surface area contributed by atoms with E-state index in [1.54, 1.807) is 19.3 Å². The van der Waals surface area contributed by atoms with Gasteiger partial charge in [-0.15, -0.1) is 0 Å². The highest BCUT2D eigenvalue weighted by atomic mass is 16.3. The van der Waals surface area contributed by atoms with E-state index in [4.69, 9.17) is 0 Å². The predicted molar refractivity (Wildman–Crippen MR) is 71.2 cm³/mol. The van der Waals surface area contributed by atoms with Gasteiger partial charge in [0.15, 0.2) is 0 Å². The molecule has 0 spiro atoms. The van der Waals surface area contributed by atoms with E-state index < -0.39 is 6.10 Å². The molecule has 4 heteroatoms. The van der Waals surface area contributed by atoms with Crippen LogP contribution in [0.2, 0.25) is 0 Å². The summed E-state index contributed by atoms with van der Waals surface area (Å²) < 4.78 is 0. The van der Waals surface area contributed by atoms with Crippen molar-refractivity contribution >= 4 is 5.69 Å². The number of anilines is 1. The molecule has 0 fully saturated rings. The minimum absolute atomic E-state index is 0.528. The lowest BCUT2D eigenvalue weighted by Crippen LogP contribution is -2.17. The minimum atomic E-state index is -0.528. The highest BCUT2D eigenvalue weighted by Crippen LogP contribution is 2.16. The lowest BCUT2D eigenvalue weighted by Gasteiger charge is -2.18. The van der Waals surface area contributed by atoms with Gasteiger partial charge >= 0.3 is 0 Å². The summed E-state index contributed by atoms with van der Waals surface area (Å²) in [4.78, 5) is 10.6. The molecule has 94 valence electrons. The molecule has 0 bridgehead atoms. The number of hydrogen-bond acceptors (Lipinski definition) is 4. The quantitative estimate of drug-likeness (QED) is 0.894. The topological polar surface area (TPSA) is 49.2 Å². The Bertz CT molecular complexity index is 482. The van der Waals surface area contributed by atoms with Crippen molar-refractivity contribution in [2.75, 3.05) is 11.9 Å². The number of rotatable bonds is 4. The van der Waals surface area contributed by atoms with Gasteiger partial charge in [-0.05, 0) is 31.2 Å². The lowest BCUT2D eigenvalue weighted by molar-refractivity contribution is 0.194. The van der Waals surface area contributed by atoms with Crippen molar-refractivity contribution in [3.8, 4) is 0 Å². The zero-order chi connectivity index (χ0) is 13.0. The third kappa shape index (κ3) is 3.05. The molecule has 0 amide bonds. The van der Waals surface area contributed by atoms with E-state index in [0.29, 0.717) is 5.69 Å². The molecule has 0 unspecified atom stereocenters. The maximum atomic E-state index is 9.40. The average molecular weight is 243 g/mol. The first-order chi connectivity index (χ1) is 8.66. The monoisotopic (exact) mass is 243 g/mol. The normalized spacial score (nSPS) is 12.2. The van der Waals surface area contributed by atoms with Gasteiger partial charge in [0.25, 0.3) is 0 Å². The number of nitrogens with zero attached hydrogens (tertiary/aromatic N) is 3. The first-order valence-electron chi connectivity index (χ1n) is 5.92. The largest absolute Gasteiger partial charge is 0.387 e. The van der Waals surface area contributed by atoms with Gasteiger partial charge in [0.05, 0.1) is 35.9 Å². The van der Waals surface area contributed by atoms with Crippen molar-refractivity contribution < 1.29 is 5.11 Å². The molecule has 1 N–H and O–H groups in total. The summed E-state index contributed by atoms with van der Waals surface area (Å²) in [5, 5.41) is 9.40. The number of hydrogen-bond donors (Lipinski definition) is 1. The Morgan fingerprint density at radius 2 is 2.06 bits per heavy atom. The number of aliphatic hydroxyl groups excluding tert-OH is 1. The highest BCUT2D eigenvalue weighted by Gasteiger charge is 2.05. The zero-order valence-electron chi connectivity index (χ0n) is 10.6. The summed E-state index contributed by atoms with van der Waals surface area (Å²) in [5.41, 5.74) is 2.70. The molecular formula is C14H17N3O. The fourth-order valence-corrected chi connectivity index (χ4v) is 1.70.